The van der Waals surface area contributed by atoms with Crippen molar-refractivity contribution in [2.75, 3.05) is 0 Å². The zero-order chi connectivity index (χ0) is 27.8. The van der Waals surface area contributed by atoms with Gasteiger partial charge in [-0.15, -0.1) is 0 Å². The summed E-state index contributed by atoms with van der Waals surface area (Å²) < 4.78 is 4.53. The molecule has 6 heteroatoms. The van der Waals surface area contributed by atoms with Crippen LogP contribution >= 0.6 is 0 Å². The number of rotatable bonds is 15. The third-order valence-electron chi connectivity index (χ3n) is 7.09. The van der Waals surface area contributed by atoms with Crippen molar-refractivity contribution >= 4 is 24.3 Å². The Morgan fingerprint density at radius 2 is 0.762 bits per heavy atom. The number of phenolic OH excluding ortho intramolecular Hbond substituents is 2. The summed E-state index contributed by atoms with van der Waals surface area (Å²) in [7, 11) is 0. The number of aromatic hydroxyl groups is 2. The molecule has 2 aromatic heterocycles. The van der Waals surface area contributed by atoms with Crippen LogP contribution in [-0.4, -0.2) is 10.2 Å². The number of hydrogen-bond acceptors (Lipinski definition) is 2. The molecule has 0 aliphatic rings. The minimum atomic E-state index is 0. The molecule has 2 N–H and O–H groups in total. The first-order valence-corrected chi connectivity index (χ1v) is 14.6. The molecule has 0 aliphatic heterocycles. The van der Waals surface area contributed by atoms with Gasteiger partial charge in [-0.25, -0.2) is 9.13 Å². The zero-order valence-corrected chi connectivity index (χ0v) is 27.3. The molecule has 0 fully saturated rings. The van der Waals surface area contributed by atoms with E-state index in [1.54, 1.807) is 24.3 Å². The normalized spacial score (nSPS) is 11.0. The van der Waals surface area contributed by atoms with Crippen LogP contribution in [0, 0.1) is 0 Å². The quantitative estimate of drug-likeness (QED) is 0.148. The van der Waals surface area contributed by atoms with Crippen LogP contribution in [0.4, 0.5) is 0 Å². The van der Waals surface area contributed by atoms with Gasteiger partial charge in [0.2, 0.25) is 0 Å². The third kappa shape index (κ3) is 13.2. The molecule has 4 rings (SSSR count). The lowest BCUT2D eigenvalue weighted by molar-refractivity contribution is -0.697. The van der Waals surface area contributed by atoms with Gasteiger partial charge in [-0.05, 0) is 59.4 Å². The predicted octanol–water partition coefficient (Wildman–Crippen LogP) is 1.84. The van der Waals surface area contributed by atoms with E-state index in [-0.39, 0.29) is 34.0 Å². The Kier molecular flexibility index (Phi) is 16.5. The molecule has 0 aliphatic carbocycles. The summed E-state index contributed by atoms with van der Waals surface area (Å²) in [4.78, 5) is 0. The van der Waals surface area contributed by atoms with Crippen molar-refractivity contribution in [3.8, 4) is 11.5 Å². The summed E-state index contributed by atoms with van der Waals surface area (Å²) in [6.45, 7) is 2.14. The molecular formula is C36H42Br2N2O2. The van der Waals surface area contributed by atoms with Gasteiger partial charge in [0.15, 0.2) is 24.8 Å². The van der Waals surface area contributed by atoms with Gasteiger partial charge in [-0.3, -0.25) is 0 Å². The van der Waals surface area contributed by atoms with Gasteiger partial charge in [0.05, 0.1) is 0 Å². The van der Waals surface area contributed by atoms with E-state index in [1.807, 2.05) is 36.4 Å². The number of hydrogen-bond donors (Lipinski definition) is 2. The molecule has 0 radical (unpaired) electrons. The van der Waals surface area contributed by atoms with Crippen molar-refractivity contribution in [2.24, 2.45) is 0 Å². The van der Waals surface area contributed by atoms with Crippen molar-refractivity contribution in [1.82, 2.24) is 0 Å². The Morgan fingerprint density at radius 1 is 0.429 bits per heavy atom. The first-order valence-electron chi connectivity index (χ1n) is 14.6. The Bertz CT molecular complexity index is 1260. The van der Waals surface area contributed by atoms with Crippen LogP contribution in [0.15, 0.2) is 97.6 Å². The molecule has 0 spiro atoms. The van der Waals surface area contributed by atoms with E-state index >= 15 is 0 Å². The monoisotopic (exact) mass is 692 g/mol. The average molecular weight is 695 g/mol. The lowest BCUT2D eigenvalue weighted by atomic mass is 10.1. The maximum Gasteiger partial charge on any atom is 0.169 e. The first kappa shape index (κ1) is 35.0. The molecule has 0 atom stereocenters. The molecule has 4 aromatic rings. The van der Waals surface area contributed by atoms with Gasteiger partial charge in [0, 0.05) is 37.1 Å². The fourth-order valence-corrected chi connectivity index (χ4v) is 4.75. The highest BCUT2D eigenvalue weighted by Crippen LogP contribution is 2.15. The largest absolute Gasteiger partial charge is 1.00 e. The number of halogens is 2. The van der Waals surface area contributed by atoms with Gasteiger partial charge in [0.1, 0.15) is 24.6 Å². The van der Waals surface area contributed by atoms with Crippen molar-refractivity contribution in [2.45, 2.75) is 64.5 Å². The summed E-state index contributed by atoms with van der Waals surface area (Å²) >= 11 is 0. The minimum absolute atomic E-state index is 0. The van der Waals surface area contributed by atoms with Crippen molar-refractivity contribution in [1.29, 1.82) is 0 Å². The summed E-state index contributed by atoms with van der Waals surface area (Å²) in [5.74, 6) is 0.588. The van der Waals surface area contributed by atoms with Crippen LogP contribution in [0.25, 0.3) is 24.3 Å². The van der Waals surface area contributed by atoms with Gasteiger partial charge in [0.25, 0.3) is 0 Å². The number of phenols is 2. The van der Waals surface area contributed by atoms with Crippen LogP contribution in [0.5, 0.6) is 11.5 Å². The Balaban J connectivity index is 0.00000308. The standard InChI is InChI=1S/C36H40N2O2.2BrH/c39-35-13-9-11-33(29-35)17-15-31-19-25-37(26-20-31)23-7-5-3-1-2-4-6-8-24-38-27-21-32(22-28-38)16-18-34-12-10-14-36(40)30-34;;/h9-22,25-30H,1-8,23-24H2;2*1H/b17-15+,18-16+;;. The maximum atomic E-state index is 9.58. The topological polar surface area (TPSA) is 48.2 Å². The fourth-order valence-electron chi connectivity index (χ4n) is 4.75. The second-order valence-electron chi connectivity index (χ2n) is 10.4. The predicted molar refractivity (Wildman–Crippen MR) is 164 cm³/mol. The lowest BCUT2D eigenvalue weighted by Gasteiger charge is -2.02. The number of nitrogens with zero attached hydrogens (tertiary/aromatic N) is 2. The molecule has 0 amide bonds. The van der Waals surface area contributed by atoms with Gasteiger partial charge in [-0.1, -0.05) is 74.3 Å². The number of aryl methyl sites for hydroxylation is 2. The summed E-state index contributed by atoms with van der Waals surface area (Å²) in [5.41, 5.74) is 4.32. The number of unbranched alkanes of at least 4 members (excludes halogenated alkanes) is 7. The van der Waals surface area contributed by atoms with E-state index in [2.05, 4.69) is 70.3 Å². The third-order valence-corrected chi connectivity index (χ3v) is 7.09. The van der Waals surface area contributed by atoms with Gasteiger partial charge >= 0.3 is 0 Å². The Labute approximate surface area is 272 Å². The molecule has 2 heterocycles. The molecule has 0 unspecified atom stereocenters. The Hall–Kier alpha value is -3.22. The first-order chi connectivity index (χ1) is 19.6. The molecule has 42 heavy (non-hydrogen) atoms. The highest BCUT2D eigenvalue weighted by Gasteiger charge is 2.02. The lowest BCUT2D eigenvalue weighted by Crippen LogP contribution is -3.00. The molecule has 0 saturated heterocycles. The van der Waals surface area contributed by atoms with Crippen LogP contribution in [-0.2, 0) is 13.1 Å². The van der Waals surface area contributed by atoms with Crippen LogP contribution in [0.1, 0.15) is 73.6 Å². The highest BCUT2D eigenvalue weighted by atomic mass is 79.9. The van der Waals surface area contributed by atoms with Gasteiger partial charge < -0.3 is 44.2 Å². The molecule has 2 aromatic carbocycles. The highest BCUT2D eigenvalue weighted by molar-refractivity contribution is 5.70. The van der Waals surface area contributed by atoms with E-state index in [0.717, 1.165) is 35.3 Å². The average Bonchev–Trinajstić information content (AvgIpc) is 2.97. The second-order valence-corrected chi connectivity index (χ2v) is 10.4. The van der Waals surface area contributed by atoms with E-state index in [4.69, 9.17) is 0 Å². The molecule has 0 bridgehead atoms. The van der Waals surface area contributed by atoms with Gasteiger partial charge in [-0.2, -0.15) is 0 Å². The summed E-state index contributed by atoms with van der Waals surface area (Å²) in [5, 5.41) is 19.2. The van der Waals surface area contributed by atoms with E-state index in [0.29, 0.717) is 11.5 Å². The second kappa shape index (κ2) is 19.8. The molecule has 222 valence electrons. The van der Waals surface area contributed by atoms with E-state index in [9.17, 15) is 10.2 Å². The minimum Gasteiger partial charge on any atom is -1.00 e. The molecule has 4 nitrogen and oxygen atoms in total. The van der Waals surface area contributed by atoms with Crippen LogP contribution in [0.3, 0.4) is 0 Å². The number of aromatic nitrogens is 2. The van der Waals surface area contributed by atoms with Crippen LogP contribution < -0.4 is 43.1 Å². The van der Waals surface area contributed by atoms with Crippen molar-refractivity contribution in [3.63, 3.8) is 0 Å². The number of benzene rings is 2. The van der Waals surface area contributed by atoms with Crippen molar-refractivity contribution < 1.29 is 53.3 Å². The maximum absolute atomic E-state index is 9.58. The van der Waals surface area contributed by atoms with E-state index < -0.39 is 0 Å². The number of pyridine rings is 2. The molecular weight excluding hydrogens is 652 g/mol. The van der Waals surface area contributed by atoms with Crippen molar-refractivity contribution in [3.05, 3.63) is 120 Å². The Morgan fingerprint density at radius 3 is 1.12 bits per heavy atom. The molecule has 0 saturated carbocycles. The summed E-state index contributed by atoms with van der Waals surface area (Å²) in [6.07, 6.45) is 27.1. The van der Waals surface area contributed by atoms with E-state index in [1.165, 1.54) is 51.4 Å². The zero-order valence-electron chi connectivity index (χ0n) is 24.2. The summed E-state index contributed by atoms with van der Waals surface area (Å²) in [6, 6.07) is 23.2. The SMILES string of the molecule is Oc1cccc(/C=C/c2cc[n+](CCCCCCCCCC[n+]3ccc(/C=C/c4cccc(O)c4)cc3)cc2)c1.[Br-].[Br-]. The smallest absolute Gasteiger partial charge is 0.169 e. The fraction of sp³-hybridized carbons (Fsp3) is 0.278. The van der Waals surface area contributed by atoms with Crippen LogP contribution in [0.2, 0.25) is 0 Å².